The molecule has 0 aliphatic carbocycles. The van der Waals surface area contributed by atoms with Crippen molar-refractivity contribution in [1.29, 1.82) is 0 Å². The Morgan fingerprint density at radius 3 is 2.63 bits per heavy atom. The Balaban J connectivity index is 2.60. The average Bonchev–Trinajstić information content (AvgIpc) is 2.43. The molecule has 2 atom stereocenters. The highest BCUT2D eigenvalue weighted by atomic mass is 19.1. The second-order valence-electron chi connectivity index (χ2n) is 5.04. The van der Waals surface area contributed by atoms with E-state index in [1.54, 1.807) is 6.07 Å². The SMILES string of the molecule is CCNC(CCN(C)C(C)CC)c1ccc(F)cn1. The second-order valence-corrected chi connectivity index (χ2v) is 5.04. The number of nitrogens with one attached hydrogen (secondary N) is 1. The van der Waals surface area contributed by atoms with Crippen molar-refractivity contribution >= 4 is 0 Å². The minimum Gasteiger partial charge on any atom is -0.309 e. The number of halogens is 1. The van der Waals surface area contributed by atoms with Crippen molar-refractivity contribution < 1.29 is 4.39 Å². The van der Waals surface area contributed by atoms with Gasteiger partial charge >= 0.3 is 0 Å². The molecule has 0 radical (unpaired) electrons. The molecule has 4 heteroatoms. The van der Waals surface area contributed by atoms with Crippen molar-refractivity contribution in [3.05, 3.63) is 29.8 Å². The Morgan fingerprint density at radius 2 is 2.11 bits per heavy atom. The molecule has 1 aromatic rings. The molecule has 108 valence electrons. The third-order valence-electron chi connectivity index (χ3n) is 3.67. The van der Waals surface area contributed by atoms with Crippen LogP contribution in [-0.2, 0) is 0 Å². The standard InChI is InChI=1S/C15H26FN3/c1-5-12(3)19(4)10-9-15(17-6-2)14-8-7-13(16)11-18-14/h7-8,11-12,15,17H,5-6,9-10H2,1-4H3. The molecule has 0 saturated heterocycles. The second kappa shape index (κ2) is 8.23. The van der Waals surface area contributed by atoms with Crippen LogP contribution in [0.25, 0.3) is 0 Å². The molecule has 1 rings (SSSR count). The number of rotatable bonds is 8. The average molecular weight is 267 g/mol. The molecule has 1 heterocycles. The van der Waals surface area contributed by atoms with Gasteiger partial charge in [-0.25, -0.2) is 4.39 Å². The third kappa shape index (κ3) is 5.25. The first-order valence-electron chi connectivity index (χ1n) is 7.13. The summed E-state index contributed by atoms with van der Waals surface area (Å²) in [7, 11) is 2.15. The minimum atomic E-state index is -0.282. The molecule has 1 aromatic heterocycles. The summed E-state index contributed by atoms with van der Waals surface area (Å²) in [6.07, 6.45) is 3.42. The largest absolute Gasteiger partial charge is 0.309 e. The summed E-state index contributed by atoms with van der Waals surface area (Å²) in [5.74, 6) is -0.282. The highest BCUT2D eigenvalue weighted by Gasteiger charge is 2.14. The van der Waals surface area contributed by atoms with E-state index in [-0.39, 0.29) is 11.9 Å². The molecule has 0 bridgehead atoms. The van der Waals surface area contributed by atoms with Gasteiger partial charge in [0.2, 0.25) is 0 Å². The molecule has 0 spiro atoms. The van der Waals surface area contributed by atoms with Gasteiger partial charge in [0.25, 0.3) is 0 Å². The van der Waals surface area contributed by atoms with Gasteiger partial charge in [-0.2, -0.15) is 0 Å². The molecule has 19 heavy (non-hydrogen) atoms. The first-order valence-corrected chi connectivity index (χ1v) is 7.13. The van der Waals surface area contributed by atoms with E-state index >= 15 is 0 Å². The van der Waals surface area contributed by atoms with E-state index in [9.17, 15) is 4.39 Å². The first-order chi connectivity index (χ1) is 9.08. The molecular formula is C15H26FN3. The van der Waals surface area contributed by atoms with Crippen molar-refractivity contribution in [3.8, 4) is 0 Å². The van der Waals surface area contributed by atoms with E-state index < -0.39 is 0 Å². The molecule has 0 aliphatic rings. The Labute approximate surface area is 116 Å². The van der Waals surface area contributed by atoms with Gasteiger partial charge in [-0.1, -0.05) is 13.8 Å². The van der Waals surface area contributed by atoms with Crippen molar-refractivity contribution in [2.24, 2.45) is 0 Å². The van der Waals surface area contributed by atoms with Crippen LogP contribution in [0.5, 0.6) is 0 Å². The zero-order chi connectivity index (χ0) is 14.3. The molecule has 0 aromatic carbocycles. The van der Waals surface area contributed by atoms with Crippen LogP contribution in [-0.4, -0.2) is 36.1 Å². The molecule has 0 aliphatic heterocycles. The molecule has 0 saturated carbocycles. The van der Waals surface area contributed by atoms with E-state index in [2.05, 4.69) is 43.0 Å². The summed E-state index contributed by atoms with van der Waals surface area (Å²) in [4.78, 5) is 6.54. The molecule has 0 fully saturated rings. The predicted octanol–water partition coefficient (Wildman–Crippen LogP) is 2.99. The number of pyridine rings is 1. The van der Waals surface area contributed by atoms with Crippen LogP contribution in [0.15, 0.2) is 18.3 Å². The lowest BCUT2D eigenvalue weighted by Gasteiger charge is -2.26. The van der Waals surface area contributed by atoms with Crippen molar-refractivity contribution in [1.82, 2.24) is 15.2 Å². The summed E-state index contributed by atoms with van der Waals surface area (Å²) in [6, 6.07) is 4.03. The highest BCUT2D eigenvalue weighted by Crippen LogP contribution is 2.16. The summed E-state index contributed by atoms with van der Waals surface area (Å²) in [5, 5.41) is 3.42. The monoisotopic (exact) mass is 267 g/mol. The maximum atomic E-state index is 12.9. The van der Waals surface area contributed by atoms with Crippen LogP contribution < -0.4 is 5.32 Å². The summed E-state index contributed by atoms with van der Waals surface area (Å²) >= 11 is 0. The maximum Gasteiger partial charge on any atom is 0.141 e. The van der Waals surface area contributed by atoms with E-state index in [1.807, 2.05) is 0 Å². The van der Waals surface area contributed by atoms with Crippen LogP contribution in [0.2, 0.25) is 0 Å². The number of hydrogen-bond donors (Lipinski definition) is 1. The van der Waals surface area contributed by atoms with Gasteiger partial charge in [-0.05, 0) is 52.0 Å². The Hall–Kier alpha value is -1.00. The van der Waals surface area contributed by atoms with E-state index in [1.165, 1.54) is 12.3 Å². The molecule has 0 amide bonds. The number of aromatic nitrogens is 1. The molecular weight excluding hydrogens is 241 g/mol. The fourth-order valence-electron chi connectivity index (χ4n) is 2.06. The molecule has 3 nitrogen and oxygen atoms in total. The van der Waals surface area contributed by atoms with Crippen LogP contribution in [0.3, 0.4) is 0 Å². The zero-order valence-electron chi connectivity index (χ0n) is 12.5. The van der Waals surface area contributed by atoms with Gasteiger partial charge in [0, 0.05) is 6.04 Å². The van der Waals surface area contributed by atoms with Gasteiger partial charge in [-0.3, -0.25) is 4.98 Å². The van der Waals surface area contributed by atoms with Crippen LogP contribution in [0, 0.1) is 5.82 Å². The summed E-state index contributed by atoms with van der Waals surface area (Å²) < 4.78 is 12.9. The highest BCUT2D eigenvalue weighted by molar-refractivity contribution is 5.10. The molecule has 1 N–H and O–H groups in total. The number of nitrogens with zero attached hydrogens (tertiary/aromatic N) is 2. The summed E-state index contributed by atoms with van der Waals surface area (Å²) in [6.45, 7) is 8.40. The Bertz CT molecular complexity index is 353. The topological polar surface area (TPSA) is 28.2 Å². The van der Waals surface area contributed by atoms with Crippen LogP contribution >= 0.6 is 0 Å². The van der Waals surface area contributed by atoms with E-state index in [0.717, 1.165) is 31.6 Å². The van der Waals surface area contributed by atoms with Gasteiger partial charge in [0.05, 0.1) is 17.9 Å². The maximum absolute atomic E-state index is 12.9. The van der Waals surface area contributed by atoms with Crippen molar-refractivity contribution in [2.45, 2.75) is 45.7 Å². The van der Waals surface area contributed by atoms with Gasteiger partial charge < -0.3 is 10.2 Å². The minimum absolute atomic E-state index is 0.192. The van der Waals surface area contributed by atoms with Crippen LogP contribution in [0.4, 0.5) is 4.39 Å². The Kier molecular flexibility index (Phi) is 6.95. The van der Waals surface area contributed by atoms with Crippen molar-refractivity contribution in [3.63, 3.8) is 0 Å². The van der Waals surface area contributed by atoms with Crippen molar-refractivity contribution in [2.75, 3.05) is 20.1 Å². The normalized spacial score (nSPS) is 14.6. The van der Waals surface area contributed by atoms with Crippen LogP contribution in [0.1, 0.15) is 45.3 Å². The predicted molar refractivity (Wildman–Crippen MR) is 77.6 cm³/mol. The smallest absolute Gasteiger partial charge is 0.141 e. The van der Waals surface area contributed by atoms with Gasteiger partial charge in [-0.15, -0.1) is 0 Å². The zero-order valence-corrected chi connectivity index (χ0v) is 12.5. The Morgan fingerprint density at radius 1 is 1.37 bits per heavy atom. The first kappa shape index (κ1) is 16.1. The fraction of sp³-hybridized carbons (Fsp3) is 0.667. The van der Waals surface area contributed by atoms with E-state index in [0.29, 0.717) is 6.04 Å². The third-order valence-corrected chi connectivity index (χ3v) is 3.67. The quantitative estimate of drug-likeness (QED) is 0.785. The number of hydrogen-bond acceptors (Lipinski definition) is 3. The summed E-state index contributed by atoms with van der Waals surface area (Å²) in [5.41, 5.74) is 0.917. The van der Waals surface area contributed by atoms with Gasteiger partial charge in [0.15, 0.2) is 0 Å². The lowest BCUT2D eigenvalue weighted by molar-refractivity contribution is 0.237. The lowest BCUT2D eigenvalue weighted by atomic mass is 10.1. The van der Waals surface area contributed by atoms with E-state index in [4.69, 9.17) is 0 Å². The van der Waals surface area contributed by atoms with Gasteiger partial charge in [0.1, 0.15) is 5.82 Å². The fourth-order valence-corrected chi connectivity index (χ4v) is 2.06. The lowest BCUT2D eigenvalue weighted by Crippen LogP contribution is -2.32. The molecule has 2 unspecified atom stereocenters.